The zero-order valence-electron chi connectivity index (χ0n) is 16.5. The maximum absolute atomic E-state index is 12.6. The smallest absolute Gasteiger partial charge is 0.348 e. The Morgan fingerprint density at radius 2 is 1.93 bits per heavy atom. The summed E-state index contributed by atoms with van der Waals surface area (Å²) in [7, 11) is 3.40. The molecule has 2 aromatic heterocycles. The second kappa shape index (κ2) is 7.77. The van der Waals surface area contributed by atoms with Crippen molar-refractivity contribution in [1.29, 1.82) is 0 Å². The average Bonchev–Trinajstić information content (AvgIpc) is 3.04. The number of benzene rings is 2. The first-order chi connectivity index (χ1) is 14.0. The number of thiophene rings is 1. The summed E-state index contributed by atoms with van der Waals surface area (Å²) in [4.78, 5) is 34.2. The molecule has 29 heavy (non-hydrogen) atoms. The lowest BCUT2D eigenvalue weighted by atomic mass is 10.1. The number of rotatable bonds is 5. The minimum absolute atomic E-state index is 0.215. The average molecular weight is 409 g/mol. The van der Waals surface area contributed by atoms with Crippen LogP contribution in [0.5, 0.6) is 0 Å². The van der Waals surface area contributed by atoms with Gasteiger partial charge in [-0.25, -0.2) is 9.78 Å². The quantitative estimate of drug-likeness (QED) is 0.498. The number of carbonyl (C=O) groups is 1. The van der Waals surface area contributed by atoms with Crippen molar-refractivity contribution in [2.75, 3.05) is 14.2 Å². The Labute approximate surface area is 171 Å². The number of hydrogen-bond acceptors (Lipinski definition) is 5. The number of fused-ring (bicyclic) bond motifs is 2. The Hall–Kier alpha value is -3.03. The first kappa shape index (κ1) is 19.3. The van der Waals surface area contributed by atoms with Gasteiger partial charge in [0.05, 0.1) is 19.5 Å². The fraction of sp³-hybridized carbons (Fsp3) is 0.227. The summed E-state index contributed by atoms with van der Waals surface area (Å²) in [6, 6.07) is 14.8. The highest BCUT2D eigenvalue weighted by molar-refractivity contribution is 7.20. The molecule has 0 aliphatic heterocycles. The number of nitrogens with one attached hydrogen (secondary N) is 2. The van der Waals surface area contributed by atoms with Crippen LogP contribution in [0.4, 0.5) is 0 Å². The second-order valence-electron chi connectivity index (χ2n) is 7.23. The fourth-order valence-corrected chi connectivity index (χ4v) is 4.72. The minimum Gasteiger partial charge on any atom is -0.465 e. The molecular weight excluding hydrogens is 386 g/mol. The molecule has 4 rings (SSSR count). The predicted octanol–water partition coefficient (Wildman–Crippen LogP) is 2.45. The largest absolute Gasteiger partial charge is 0.465 e. The van der Waals surface area contributed by atoms with E-state index >= 15 is 0 Å². The lowest BCUT2D eigenvalue weighted by Gasteiger charge is -2.14. The summed E-state index contributed by atoms with van der Waals surface area (Å²) >= 11 is 1.20. The van der Waals surface area contributed by atoms with E-state index in [4.69, 9.17) is 4.74 Å². The molecule has 0 saturated carbocycles. The van der Waals surface area contributed by atoms with Gasteiger partial charge in [0.25, 0.3) is 5.56 Å². The first-order valence-electron chi connectivity index (χ1n) is 9.36. The van der Waals surface area contributed by atoms with Gasteiger partial charge in [-0.05, 0) is 29.3 Å². The monoisotopic (exact) mass is 408 g/mol. The van der Waals surface area contributed by atoms with Crippen LogP contribution in [0.25, 0.3) is 21.0 Å². The van der Waals surface area contributed by atoms with Gasteiger partial charge in [-0.2, -0.15) is 0 Å². The molecule has 0 fully saturated rings. The number of hydrogen-bond donors (Lipinski definition) is 2. The van der Waals surface area contributed by atoms with Crippen molar-refractivity contribution >= 4 is 38.3 Å². The lowest BCUT2D eigenvalue weighted by molar-refractivity contribution is -0.908. The van der Waals surface area contributed by atoms with Crippen molar-refractivity contribution in [2.45, 2.75) is 20.0 Å². The number of carbonyl (C=O) groups excluding carboxylic acids is 1. The van der Waals surface area contributed by atoms with Crippen LogP contribution < -0.4 is 10.5 Å². The summed E-state index contributed by atoms with van der Waals surface area (Å²) in [5, 5.41) is 2.90. The maximum atomic E-state index is 12.6. The molecule has 148 valence electrons. The summed E-state index contributed by atoms with van der Waals surface area (Å²) in [6.45, 7) is 3.13. The molecule has 0 bridgehead atoms. The minimum atomic E-state index is -0.439. The number of aryl methyl sites for hydroxylation is 1. The molecule has 2 aromatic carbocycles. The molecule has 0 saturated heterocycles. The van der Waals surface area contributed by atoms with Gasteiger partial charge >= 0.3 is 5.97 Å². The highest BCUT2D eigenvalue weighted by atomic mass is 32.1. The van der Waals surface area contributed by atoms with Gasteiger partial charge in [0, 0.05) is 5.56 Å². The molecule has 0 aliphatic rings. The third kappa shape index (κ3) is 3.79. The topological polar surface area (TPSA) is 76.5 Å². The predicted molar refractivity (Wildman–Crippen MR) is 115 cm³/mol. The van der Waals surface area contributed by atoms with Gasteiger partial charge in [-0.3, -0.25) is 4.79 Å². The molecule has 1 atom stereocenters. The van der Waals surface area contributed by atoms with E-state index in [0.29, 0.717) is 33.0 Å². The van der Waals surface area contributed by atoms with E-state index in [1.807, 2.05) is 12.1 Å². The molecule has 1 unspecified atom stereocenters. The van der Waals surface area contributed by atoms with Crippen LogP contribution in [0.3, 0.4) is 0 Å². The first-order valence-corrected chi connectivity index (χ1v) is 10.2. The Morgan fingerprint density at radius 3 is 2.69 bits per heavy atom. The van der Waals surface area contributed by atoms with Gasteiger partial charge in [-0.1, -0.05) is 36.4 Å². The van der Waals surface area contributed by atoms with E-state index < -0.39 is 5.97 Å². The van der Waals surface area contributed by atoms with Gasteiger partial charge < -0.3 is 14.6 Å². The van der Waals surface area contributed by atoms with Crippen molar-refractivity contribution < 1.29 is 14.4 Å². The molecule has 2 heterocycles. The van der Waals surface area contributed by atoms with E-state index in [2.05, 4.69) is 47.3 Å². The Morgan fingerprint density at radius 1 is 1.17 bits per heavy atom. The number of esters is 1. The van der Waals surface area contributed by atoms with Gasteiger partial charge in [0.2, 0.25) is 0 Å². The lowest BCUT2D eigenvalue weighted by Crippen LogP contribution is -3.06. The van der Waals surface area contributed by atoms with Gasteiger partial charge in [-0.15, -0.1) is 11.3 Å². The highest BCUT2D eigenvalue weighted by Crippen LogP contribution is 2.27. The number of quaternary nitrogens is 1. The van der Waals surface area contributed by atoms with E-state index in [9.17, 15) is 9.59 Å². The number of nitrogens with zero attached hydrogens (tertiary/aromatic N) is 1. The van der Waals surface area contributed by atoms with Crippen LogP contribution >= 0.6 is 11.3 Å². The van der Waals surface area contributed by atoms with Crippen LogP contribution in [0.15, 0.2) is 47.3 Å². The third-order valence-electron chi connectivity index (χ3n) is 5.01. The van der Waals surface area contributed by atoms with E-state index in [-0.39, 0.29) is 5.56 Å². The Bertz CT molecular complexity index is 1280. The SMILES string of the molecule is COC(=O)c1sc2nc(C[NH+](C)Cc3ccc4ccccc4c3)[nH]c(=O)c2c1C. The van der Waals surface area contributed by atoms with Crippen LogP contribution in [0.2, 0.25) is 0 Å². The molecule has 0 radical (unpaired) electrons. The molecule has 0 spiro atoms. The second-order valence-corrected chi connectivity index (χ2v) is 8.23. The molecule has 2 N–H and O–H groups in total. The van der Waals surface area contributed by atoms with E-state index in [0.717, 1.165) is 6.54 Å². The molecule has 6 nitrogen and oxygen atoms in total. The normalized spacial score (nSPS) is 12.4. The fourth-order valence-electron chi connectivity index (χ4n) is 3.61. The van der Waals surface area contributed by atoms with E-state index in [1.54, 1.807) is 6.92 Å². The molecule has 0 aliphatic carbocycles. The number of ether oxygens (including phenoxy) is 1. The number of methoxy groups -OCH3 is 1. The third-order valence-corrected chi connectivity index (χ3v) is 6.18. The van der Waals surface area contributed by atoms with Crippen molar-refractivity contribution in [3.05, 3.63) is 74.6 Å². The molecular formula is C22H22N3O3S+. The van der Waals surface area contributed by atoms with Crippen LogP contribution in [0.1, 0.15) is 26.6 Å². The van der Waals surface area contributed by atoms with Crippen LogP contribution in [-0.4, -0.2) is 30.1 Å². The molecule has 7 heteroatoms. The summed E-state index contributed by atoms with van der Waals surface area (Å²) < 4.78 is 4.81. The molecule has 0 amide bonds. The standard InChI is InChI=1S/C22H21N3O3S/c1-13-18-20(26)23-17(24-21(18)29-19(13)22(27)28-3)12-25(2)11-14-8-9-15-6-4-5-7-16(15)10-14/h4-10H,11-12H2,1-3H3,(H,23,24,26)/p+1. The van der Waals surface area contributed by atoms with E-state index in [1.165, 1.54) is 39.7 Å². The molecule has 4 aromatic rings. The van der Waals surface area contributed by atoms with Gasteiger partial charge in [0.1, 0.15) is 22.8 Å². The highest BCUT2D eigenvalue weighted by Gasteiger charge is 2.20. The summed E-state index contributed by atoms with van der Waals surface area (Å²) in [5.41, 5.74) is 1.63. The van der Waals surface area contributed by atoms with Crippen molar-refractivity contribution in [2.24, 2.45) is 0 Å². The Balaban J connectivity index is 1.57. The van der Waals surface area contributed by atoms with Gasteiger partial charge in [0.15, 0.2) is 5.82 Å². The van der Waals surface area contributed by atoms with Crippen molar-refractivity contribution in [3.63, 3.8) is 0 Å². The zero-order valence-corrected chi connectivity index (χ0v) is 17.4. The van der Waals surface area contributed by atoms with Crippen molar-refractivity contribution in [3.8, 4) is 0 Å². The van der Waals surface area contributed by atoms with Crippen molar-refractivity contribution in [1.82, 2.24) is 9.97 Å². The summed E-state index contributed by atoms with van der Waals surface area (Å²) in [6.07, 6.45) is 0. The van der Waals surface area contributed by atoms with Crippen LogP contribution in [-0.2, 0) is 17.8 Å². The number of aromatic nitrogens is 2. The zero-order chi connectivity index (χ0) is 20.5. The van der Waals surface area contributed by atoms with Crippen LogP contribution in [0, 0.1) is 6.92 Å². The summed E-state index contributed by atoms with van der Waals surface area (Å²) in [5.74, 6) is 0.170. The Kier molecular flexibility index (Phi) is 5.17. The number of H-pyrrole nitrogens is 1. The maximum Gasteiger partial charge on any atom is 0.348 e. The number of aromatic amines is 1.